The van der Waals surface area contributed by atoms with Gasteiger partial charge in [0.25, 0.3) is 4.99 Å². The number of rotatable bonds is 18. The van der Waals surface area contributed by atoms with Gasteiger partial charge in [-0.05, 0) is 35.1 Å². The predicted molar refractivity (Wildman–Crippen MR) is 131 cm³/mol. The normalized spacial score (nSPS) is 15.1. The summed E-state index contributed by atoms with van der Waals surface area (Å²) < 4.78 is 46.0. The van der Waals surface area contributed by atoms with Crippen molar-refractivity contribution in [3.05, 3.63) is 29.3 Å². The minimum Gasteiger partial charge on any atom is -0.493 e. The number of aliphatic carboxylic acids is 2. The van der Waals surface area contributed by atoms with E-state index in [1.54, 1.807) is 0 Å². The van der Waals surface area contributed by atoms with Crippen molar-refractivity contribution in [2.24, 2.45) is 20.7 Å². The molecule has 206 valence electrons. The predicted octanol–water partition coefficient (Wildman–Crippen LogP) is 7.83. The first-order valence-corrected chi connectivity index (χ1v) is 13.3. The molecule has 9 nitrogen and oxygen atoms in total. The van der Waals surface area contributed by atoms with Gasteiger partial charge >= 0.3 is 18.1 Å². The Bertz CT molecular complexity index is 947. The lowest BCUT2D eigenvalue weighted by Gasteiger charge is -2.24. The number of carboxylic acids is 2. The van der Waals surface area contributed by atoms with Crippen LogP contribution in [0.4, 0.5) is 13.2 Å². The summed E-state index contributed by atoms with van der Waals surface area (Å²) in [5.41, 5.74) is -1.32. The average molecular weight is 547 g/mol. The zero-order chi connectivity index (χ0) is 27.3. The van der Waals surface area contributed by atoms with Gasteiger partial charge in [0.1, 0.15) is 17.4 Å². The quantitative estimate of drug-likeness (QED) is 0.180. The van der Waals surface area contributed by atoms with Crippen LogP contribution < -0.4 is 4.74 Å². The van der Waals surface area contributed by atoms with Crippen molar-refractivity contribution in [2.45, 2.75) is 94.0 Å². The van der Waals surface area contributed by atoms with E-state index in [0.717, 1.165) is 37.8 Å². The molecular weight excluding hydrogens is 513 g/mol. The third kappa shape index (κ3) is 10.3. The van der Waals surface area contributed by atoms with Crippen molar-refractivity contribution in [1.82, 2.24) is 0 Å². The molecule has 1 unspecified atom stereocenters. The number of hydrogen-bond donors (Lipinski definition) is 2. The Morgan fingerprint density at radius 3 is 2.05 bits per heavy atom. The fourth-order valence-electron chi connectivity index (χ4n) is 3.82. The van der Waals surface area contributed by atoms with Crippen LogP contribution in [0, 0.1) is 0 Å². The van der Waals surface area contributed by atoms with E-state index in [1.807, 2.05) is 0 Å². The summed E-state index contributed by atoms with van der Waals surface area (Å²) in [4.78, 5) is 21.5. The van der Waals surface area contributed by atoms with Crippen molar-refractivity contribution in [1.29, 1.82) is 0 Å². The number of carbonyl (C=O) groups is 2. The topological polar surface area (TPSA) is 133 Å². The summed E-state index contributed by atoms with van der Waals surface area (Å²) >= 11 is 0.434. The van der Waals surface area contributed by atoms with E-state index in [0.29, 0.717) is 24.2 Å². The Kier molecular flexibility index (Phi) is 12.3. The Hall–Kier alpha value is -2.70. The van der Waals surface area contributed by atoms with Gasteiger partial charge in [-0.1, -0.05) is 76.5 Å². The number of nitrogens with zero attached hydrogens (tertiary/aromatic N) is 4. The van der Waals surface area contributed by atoms with Gasteiger partial charge in [0.15, 0.2) is 0 Å². The highest BCUT2D eigenvalue weighted by atomic mass is 32.2. The monoisotopic (exact) mass is 546 g/mol. The van der Waals surface area contributed by atoms with Gasteiger partial charge < -0.3 is 14.9 Å². The molecule has 0 aliphatic carbocycles. The number of thioether (sulfide) groups is 1. The highest BCUT2D eigenvalue weighted by Gasteiger charge is 2.44. The summed E-state index contributed by atoms with van der Waals surface area (Å²) in [6.07, 6.45) is 5.54. The van der Waals surface area contributed by atoms with E-state index in [1.165, 1.54) is 32.1 Å². The number of hydrogen-bond acceptors (Lipinski definition) is 8. The molecule has 0 radical (unpaired) electrons. The van der Waals surface area contributed by atoms with Crippen molar-refractivity contribution >= 4 is 23.7 Å². The minimum atomic E-state index is -4.72. The molecule has 1 aromatic rings. The van der Waals surface area contributed by atoms with Crippen LogP contribution in [0.1, 0.15) is 93.9 Å². The second-order valence-corrected chi connectivity index (χ2v) is 10.2. The Labute approximate surface area is 218 Å². The van der Waals surface area contributed by atoms with Gasteiger partial charge in [-0.25, -0.2) is 0 Å². The second-order valence-electron chi connectivity index (χ2n) is 8.81. The van der Waals surface area contributed by atoms with Crippen molar-refractivity contribution in [2.75, 3.05) is 6.61 Å². The van der Waals surface area contributed by atoms with Gasteiger partial charge in [-0.3, -0.25) is 9.59 Å². The van der Waals surface area contributed by atoms with E-state index in [9.17, 15) is 33.0 Å². The first-order chi connectivity index (χ1) is 17.6. The van der Waals surface area contributed by atoms with Gasteiger partial charge in [-0.15, -0.1) is 10.2 Å². The van der Waals surface area contributed by atoms with Crippen molar-refractivity contribution < 1.29 is 37.7 Å². The van der Waals surface area contributed by atoms with Crippen LogP contribution in [0.5, 0.6) is 5.75 Å². The molecule has 0 bridgehead atoms. The first-order valence-electron chi connectivity index (χ1n) is 12.4. The van der Waals surface area contributed by atoms with E-state index in [2.05, 4.69) is 27.6 Å². The van der Waals surface area contributed by atoms with Crippen LogP contribution in [0.3, 0.4) is 0 Å². The van der Waals surface area contributed by atoms with E-state index < -0.39 is 40.3 Å². The Balaban J connectivity index is 2.07. The summed E-state index contributed by atoms with van der Waals surface area (Å²) in [6, 6.07) is 2.62. The molecule has 0 aromatic heterocycles. The summed E-state index contributed by atoms with van der Waals surface area (Å²) in [5.74, 6) is -2.88. The van der Waals surface area contributed by atoms with Crippen LogP contribution >= 0.6 is 11.8 Å². The highest BCUT2D eigenvalue weighted by molar-refractivity contribution is 8.01. The summed E-state index contributed by atoms with van der Waals surface area (Å²) in [5, 5.41) is 31.2. The molecule has 2 rings (SSSR count). The highest BCUT2D eigenvalue weighted by Crippen LogP contribution is 2.48. The molecule has 1 atom stereocenters. The zero-order valence-corrected chi connectivity index (χ0v) is 21.6. The molecule has 1 heterocycles. The first kappa shape index (κ1) is 30.5. The lowest BCUT2D eigenvalue weighted by molar-refractivity contribution is -0.139. The van der Waals surface area contributed by atoms with Gasteiger partial charge in [-0.2, -0.15) is 13.2 Å². The maximum atomic E-state index is 13.4. The third-order valence-electron chi connectivity index (χ3n) is 5.73. The van der Waals surface area contributed by atoms with Crippen LogP contribution in [-0.4, -0.2) is 33.8 Å². The number of alkyl halides is 3. The van der Waals surface area contributed by atoms with Gasteiger partial charge in [0.05, 0.1) is 12.2 Å². The molecule has 0 saturated carbocycles. The number of benzene rings is 1. The van der Waals surface area contributed by atoms with Crippen LogP contribution in [0.2, 0.25) is 0 Å². The molecule has 0 saturated heterocycles. The standard InChI is InChI=1S/C24H33F3N4O5S/c1-2-3-4-5-6-7-8-9-10-11-14-36-19-13-12-17(24(25,26)27)15-18(19)21(22(34)35)37-23(16-20(32)33)28-30-31-29-23/h12-13,15,21H,2-11,14,16H2,1H3,(H,32,33)(H,34,35). The Morgan fingerprint density at radius 2 is 1.54 bits per heavy atom. The number of unbranched alkanes of at least 4 members (excludes halogenated alkanes) is 9. The third-order valence-corrected chi connectivity index (χ3v) is 7.11. The fraction of sp³-hybridized carbons (Fsp3) is 0.667. The van der Waals surface area contributed by atoms with E-state index in [4.69, 9.17) is 4.74 Å². The van der Waals surface area contributed by atoms with Gasteiger partial charge in [0.2, 0.25) is 0 Å². The molecule has 0 amide bonds. The lowest BCUT2D eigenvalue weighted by atomic mass is 10.1. The number of halogens is 3. The number of ether oxygens (including phenoxy) is 1. The van der Waals surface area contributed by atoms with Crippen molar-refractivity contribution in [3.63, 3.8) is 0 Å². The summed E-state index contributed by atoms with van der Waals surface area (Å²) in [6.45, 7) is 2.38. The maximum absolute atomic E-state index is 13.4. The molecule has 13 heteroatoms. The number of carboxylic acid groups (broad SMARTS) is 2. The SMILES string of the molecule is CCCCCCCCCCCCOc1ccc(C(F)(F)F)cc1C(SC1(CC(=O)O)N=NN=N1)C(=O)O. The molecule has 0 fully saturated rings. The van der Waals surface area contributed by atoms with Crippen LogP contribution in [0.15, 0.2) is 38.9 Å². The van der Waals surface area contributed by atoms with E-state index in [-0.39, 0.29) is 17.9 Å². The fourth-order valence-corrected chi connectivity index (χ4v) is 4.99. The minimum absolute atomic E-state index is 0.0267. The van der Waals surface area contributed by atoms with Crippen LogP contribution in [-0.2, 0) is 15.8 Å². The molecule has 0 spiro atoms. The maximum Gasteiger partial charge on any atom is 0.416 e. The van der Waals surface area contributed by atoms with Gasteiger partial charge in [0, 0.05) is 5.56 Å². The largest absolute Gasteiger partial charge is 0.493 e. The molecule has 37 heavy (non-hydrogen) atoms. The molecule has 1 aliphatic rings. The molecular formula is C24H33F3N4O5S. The van der Waals surface area contributed by atoms with Crippen LogP contribution in [0.25, 0.3) is 0 Å². The molecule has 2 N–H and O–H groups in total. The molecule has 1 aromatic carbocycles. The second kappa shape index (κ2) is 14.9. The Morgan fingerprint density at radius 1 is 0.973 bits per heavy atom. The smallest absolute Gasteiger partial charge is 0.416 e. The average Bonchev–Trinajstić information content (AvgIpc) is 3.28. The molecule has 1 aliphatic heterocycles. The van der Waals surface area contributed by atoms with Crippen molar-refractivity contribution in [3.8, 4) is 5.75 Å². The van der Waals surface area contributed by atoms with E-state index >= 15 is 0 Å². The lowest BCUT2D eigenvalue weighted by Crippen LogP contribution is -2.25. The zero-order valence-electron chi connectivity index (χ0n) is 20.7. The summed E-state index contributed by atoms with van der Waals surface area (Å²) in [7, 11) is 0.